The lowest BCUT2D eigenvalue weighted by Crippen LogP contribution is -2.46. The molecule has 4 heteroatoms. The number of aromatic nitrogens is 1. The van der Waals surface area contributed by atoms with Crippen molar-refractivity contribution in [2.24, 2.45) is 0 Å². The molecule has 4 nitrogen and oxygen atoms in total. The van der Waals surface area contributed by atoms with Crippen molar-refractivity contribution >= 4 is 5.82 Å². The highest BCUT2D eigenvalue weighted by atomic mass is 15.3. The lowest BCUT2D eigenvalue weighted by atomic mass is 10.1. The molecule has 2 rings (SSSR count). The summed E-state index contributed by atoms with van der Waals surface area (Å²) in [4.78, 5) is 9.49. The summed E-state index contributed by atoms with van der Waals surface area (Å²) in [5.74, 6) is 1.11. The summed E-state index contributed by atoms with van der Waals surface area (Å²) in [6, 6.07) is 4.34. The van der Waals surface area contributed by atoms with Crippen LogP contribution < -0.4 is 10.2 Å². The molecule has 0 radical (unpaired) electrons. The largest absolute Gasteiger partial charge is 0.354 e. The third-order valence-electron chi connectivity index (χ3n) is 3.78. The van der Waals surface area contributed by atoms with Crippen molar-refractivity contribution in [2.45, 2.75) is 39.8 Å². The third-order valence-corrected chi connectivity index (χ3v) is 3.78. The summed E-state index contributed by atoms with van der Waals surface area (Å²) in [6.45, 7) is 15.3. The van der Waals surface area contributed by atoms with Crippen LogP contribution >= 0.6 is 0 Å². The molecule has 112 valence electrons. The molecule has 0 amide bonds. The fourth-order valence-corrected chi connectivity index (χ4v) is 2.37. The van der Waals surface area contributed by atoms with Gasteiger partial charge in [0.05, 0.1) is 0 Å². The SMILES string of the molecule is CCN1CCN(c2ccc(CNC(C)(C)C)cn2)CC1. The number of nitrogens with zero attached hydrogens (tertiary/aromatic N) is 3. The van der Waals surface area contributed by atoms with Gasteiger partial charge in [0.1, 0.15) is 5.82 Å². The van der Waals surface area contributed by atoms with E-state index in [4.69, 9.17) is 0 Å². The number of piperazine rings is 1. The molecule has 0 spiro atoms. The molecule has 20 heavy (non-hydrogen) atoms. The fraction of sp³-hybridized carbons (Fsp3) is 0.688. The highest BCUT2D eigenvalue weighted by Gasteiger charge is 2.16. The minimum absolute atomic E-state index is 0.148. The van der Waals surface area contributed by atoms with Crippen LogP contribution in [-0.4, -0.2) is 48.1 Å². The molecule has 1 saturated heterocycles. The van der Waals surface area contributed by atoms with Gasteiger partial charge in [-0.1, -0.05) is 13.0 Å². The predicted octanol–water partition coefficient (Wildman–Crippen LogP) is 2.11. The maximum atomic E-state index is 4.62. The Balaban J connectivity index is 1.88. The maximum absolute atomic E-state index is 4.62. The van der Waals surface area contributed by atoms with E-state index >= 15 is 0 Å². The van der Waals surface area contributed by atoms with Gasteiger partial charge in [0.2, 0.25) is 0 Å². The monoisotopic (exact) mass is 276 g/mol. The lowest BCUT2D eigenvalue weighted by Gasteiger charge is -2.34. The van der Waals surface area contributed by atoms with E-state index in [1.165, 1.54) is 5.56 Å². The topological polar surface area (TPSA) is 31.4 Å². The number of nitrogens with one attached hydrogen (secondary N) is 1. The van der Waals surface area contributed by atoms with Gasteiger partial charge in [0.25, 0.3) is 0 Å². The Morgan fingerprint density at radius 2 is 1.85 bits per heavy atom. The van der Waals surface area contributed by atoms with Gasteiger partial charge in [-0.05, 0) is 38.9 Å². The number of hydrogen-bond acceptors (Lipinski definition) is 4. The van der Waals surface area contributed by atoms with Crippen LogP contribution in [0.4, 0.5) is 5.82 Å². The zero-order valence-electron chi connectivity index (χ0n) is 13.3. The molecule has 1 aromatic rings. The first-order valence-electron chi connectivity index (χ1n) is 7.65. The van der Waals surface area contributed by atoms with Crippen molar-refractivity contribution < 1.29 is 0 Å². The summed E-state index contributed by atoms with van der Waals surface area (Å²) in [7, 11) is 0. The van der Waals surface area contributed by atoms with Crippen molar-refractivity contribution in [1.29, 1.82) is 0 Å². The second-order valence-corrected chi connectivity index (χ2v) is 6.55. The number of likely N-dealkylation sites (N-methyl/N-ethyl adjacent to an activating group) is 1. The van der Waals surface area contributed by atoms with Gasteiger partial charge >= 0.3 is 0 Å². The van der Waals surface area contributed by atoms with Crippen LogP contribution in [-0.2, 0) is 6.54 Å². The average Bonchev–Trinajstić information content (AvgIpc) is 2.45. The molecule has 0 aliphatic carbocycles. The molecule has 0 unspecified atom stereocenters. The first-order chi connectivity index (χ1) is 9.48. The molecule has 1 aliphatic rings. The Bertz CT molecular complexity index is 399. The van der Waals surface area contributed by atoms with Gasteiger partial charge in [-0.2, -0.15) is 0 Å². The normalized spacial score (nSPS) is 17.5. The van der Waals surface area contributed by atoms with E-state index in [0.717, 1.165) is 45.1 Å². The quantitative estimate of drug-likeness (QED) is 0.913. The highest BCUT2D eigenvalue weighted by molar-refractivity contribution is 5.39. The molecule has 1 fully saturated rings. The van der Waals surface area contributed by atoms with Crippen molar-refractivity contribution in [3.63, 3.8) is 0 Å². The first-order valence-corrected chi connectivity index (χ1v) is 7.65. The molecule has 0 saturated carbocycles. The predicted molar refractivity (Wildman–Crippen MR) is 85.2 cm³/mol. The lowest BCUT2D eigenvalue weighted by molar-refractivity contribution is 0.270. The Morgan fingerprint density at radius 1 is 1.15 bits per heavy atom. The zero-order chi connectivity index (χ0) is 14.6. The van der Waals surface area contributed by atoms with Crippen molar-refractivity contribution in [2.75, 3.05) is 37.6 Å². The van der Waals surface area contributed by atoms with E-state index in [2.05, 4.69) is 59.9 Å². The van der Waals surface area contributed by atoms with E-state index in [1.54, 1.807) is 0 Å². The molecule has 1 aromatic heterocycles. The Kier molecular flexibility index (Phi) is 5.00. The van der Waals surface area contributed by atoms with E-state index < -0.39 is 0 Å². The number of rotatable bonds is 4. The minimum atomic E-state index is 0.148. The second-order valence-electron chi connectivity index (χ2n) is 6.55. The van der Waals surface area contributed by atoms with E-state index in [0.29, 0.717) is 0 Å². The van der Waals surface area contributed by atoms with Crippen molar-refractivity contribution in [3.8, 4) is 0 Å². The molecule has 1 aliphatic heterocycles. The third kappa shape index (κ3) is 4.46. The smallest absolute Gasteiger partial charge is 0.128 e. The zero-order valence-corrected chi connectivity index (χ0v) is 13.3. The van der Waals surface area contributed by atoms with Gasteiger partial charge in [-0.25, -0.2) is 4.98 Å². The fourth-order valence-electron chi connectivity index (χ4n) is 2.37. The number of anilines is 1. The standard InChI is InChI=1S/C16H28N4/c1-5-19-8-10-20(11-9-19)15-7-6-14(12-17-15)13-18-16(2,3)4/h6-7,12,18H,5,8-11,13H2,1-4H3. The molecule has 0 atom stereocenters. The molecule has 0 aromatic carbocycles. The summed E-state index contributed by atoms with van der Waals surface area (Å²) in [5.41, 5.74) is 1.39. The summed E-state index contributed by atoms with van der Waals surface area (Å²) in [5, 5.41) is 3.49. The second kappa shape index (κ2) is 6.55. The first kappa shape index (κ1) is 15.3. The Labute approximate surface area is 123 Å². The summed E-state index contributed by atoms with van der Waals surface area (Å²) in [6.07, 6.45) is 2.00. The molecule has 0 bridgehead atoms. The van der Waals surface area contributed by atoms with Gasteiger partial charge in [0.15, 0.2) is 0 Å². The van der Waals surface area contributed by atoms with E-state index in [-0.39, 0.29) is 5.54 Å². The van der Waals surface area contributed by atoms with Gasteiger partial charge < -0.3 is 15.1 Å². The van der Waals surface area contributed by atoms with Gasteiger partial charge in [-0.3, -0.25) is 0 Å². The van der Waals surface area contributed by atoms with Crippen LogP contribution in [0, 0.1) is 0 Å². The molecule has 1 N–H and O–H groups in total. The number of hydrogen-bond donors (Lipinski definition) is 1. The molecular weight excluding hydrogens is 248 g/mol. The van der Waals surface area contributed by atoms with Crippen LogP contribution in [0.5, 0.6) is 0 Å². The van der Waals surface area contributed by atoms with Crippen LogP contribution in [0.3, 0.4) is 0 Å². The molecule has 2 heterocycles. The maximum Gasteiger partial charge on any atom is 0.128 e. The van der Waals surface area contributed by atoms with Crippen LogP contribution in [0.25, 0.3) is 0 Å². The minimum Gasteiger partial charge on any atom is -0.354 e. The van der Waals surface area contributed by atoms with Crippen LogP contribution in [0.1, 0.15) is 33.3 Å². The Hall–Kier alpha value is -1.13. The average molecular weight is 276 g/mol. The van der Waals surface area contributed by atoms with Gasteiger partial charge in [0, 0.05) is 44.5 Å². The van der Waals surface area contributed by atoms with Crippen molar-refractivity contribution in [3.05, 3.63) is 23.9 Å². The van der Waals surface area contributed by atoms with E-state index in [1.807, 2.05) is 6.20 Å². The molecular formula is C16H28N4. The highest BCUT2D eigenvalue weighted by Crippen LogP contribution is 2.14. The number of pyridine rings is 1. The van der Waals surface area contributed by atoms with Crippen LogP contribution in [0.2, 0.25) is 0 Å². The van der Waals surface area contributed by atoms with E-state index in [9.17, 15) is 0 Å². The summed E-state index contributed by atoms with van der Waals surface area (Å²) >= 11 is 0. The van der Waals surface area contributed by atoms with Crippen molar-refractivity contribution in [1.82, 2.24) is 15.2 Å². The Morgan fingerprint density at radius 3 is 2.35 bits per heavy atom. The van der Waals surface area contributed by atoms with Crippen LogP contribution in [0.15, 0.2) is 18.3 Å². The summed E-state index contributed by atoms with van der Waals surface area (Å²) < 4.78 is 0. The van der Waals surface area contributed by atoms with Gasteiger partial charge in [-0.15, -0.1) is 0 Å².